The van der Waals surface area contributed by atoms with Crippen molar-refractivity contribution in [2.45, 2.75) is 19.3 Å². The number of para-hydroxylation sites is 4. The fourth-order valence-electron chi connectivity index (χ4n) is 10.6. The van der Waals surface area contributed by atoms with Crippen LogP contribution in [0, 0.1) is 0 Å². The predicted octanol–water partition coefficient (Wildman–Crippen LogP) is 15.2. The van der Waals surface area contributed by atoms with Gasteiger partial charge in [0.15, 0.2) is 11.6 Å². The van der Waals surface area contributed by atoms with Gasteiger partial charge in [-0.15, -0.1) is 0 Å². The second-order valence-corrected chi connectivity index (χ2v) is 17.5. The molecule has 6 heteroatoms. The van der Waals surface area contributed by atoms with Crippen LogP contribution in [0.1, 0.15) is 25.0 Å². The van der Waals surface area contributed by atoms with E-state index in [0.717, 1.165) is 87.9 Å². The highest BCUT2D eigenvalue weighted by Gasteiger charge is 2.37. The van der Waals surface area contributed by atoms with Gasteiger partial charge in [-0.3, -0.25) is 4.57 Å². The summed E-state index contributed by atoms with van der Waals surface area (Å²) < 4.78 is 15.0. The van der Waals surface area contributed by atoms with Gasteiger partial charge in [0.05, 0.1) is 11.0 Å². The zero-order valence-electron chi connectivity index (χ0n) is 34.9. The smallest absolute Gasteiger partial charge is 0.238 e. The Bertz CT molecular complexity index is 4000. The predicted molar refractivity (Wildman–Crippen MR) is 260 cm³/mol. The molecule has 0 aliphatic heterocycles. The summed E-state index contributed by atoms with van der Waals surface area (Å²) >= 11 is 0. The van der Waals surface area contributed by atoms with E-state index in [0.29, 0.717) is 17.6 Å². The van der Waals surface area contributed by atoms with Gasteiger partial charge >= 0.3 is 0 Å². The highest BCUT2D eigenvalue weighted by atomic mass is 16.3. The average Bonchev–Trinajstić information content (AvgIpc) is 4.07. The first kappa shape index (κ1) is 35.3. The van der Waals surface area contributed by atoms with Crippen LogP contribution in [0.4, 0.5) is 0 Å². The maximum Gasteiger partial charge on any atom is 0.238 e. The molecule has 300 valence electrons. The molecule has 0 fully saturated rings. The Labute approximate surface area is 366 Å². The number of furan rings is 2. The molecule has 13 aromatic rings. The summed E-state index contributed by atoms with van der Waals surface area (Å²) in [6.07, 6.45) is 0. The summed E-state index contributed by atoms with van der Waals surface area (Å²) in [5.74, 6) is 1.60. The first-order valence-corrected chi connectivity index (χ1v) is 21.8. The molecule has 0 amide bonds. The van der Waals surface area contributed by atoms with Crippen molar-refractivity contribution < 1.29 is 8.83 Å². The minimum Gasteiger partial charge on any atom is -0.456 e. The van der Waals surface area contributed by atoms with E-state index >= 15 is 0 Å². The lowest BCUT2D eigenvalue weighted by molar-refractivity contribution is 0.661. The zero-order chi connectivity index (χ0) is 42.3. The Morgan fingerprint density at radius 1 is 0.406 bits per heavy atom. The van der Waals surface area contributed by atoms with Gasteiger partial charge in [-0.1, -0.05) is 147 Å². The molecule has 0 saturated carbocycles. The molecule has 0 bridgehead atoms. The molecule has 0 saturated heterocycles. The zero-order valence-corrected chi connectivity index (χ0v) is 34.9. The first-order chi connectivity index (χ1) is 31.5. The summed E-state index contributed by atoms with van der Waals surface area (Å²) in [5, 5.41) is 9.04. The van der Waals surface area contributed by atoms with Crippen molar-refractivity contribution in [2.75, 3.05) is 0 Å². The van der Waals surface area contributed by atoms with Crippen LogP contribution in [0.3, 0.4) is 0 Å². The van der Waals surface area contributed by atoms with Gasteiger partial charge in [-0.05, 0) is 87.1 Å². The Balaban J connectivity index is 1.02. The Kier molecular flexibility index (Phi) is 7.08. The molecule has 0 spiro atoms. The van der Waals surface area contributed by atoms with Crippen molar-refractivity contribution in [3.63, 3.8) is 0 Å². The summed E-state index contributed by atoms with van der Waals surface area (Å²) in [4.78, 5) is 16.0. The quantitative estimate of drug-likeness (QED) is 0.177. The molecular formula is C58H36N4O2. The first-order valence-electron chi connectivity index (χ1n) is 21.8. The van der Waals surface area contributed by atoms with E-state index < -0.39 is 0 Å². The molecule has 1 aliphatic carbocycles. The molecule has 64 heavy (non-hydrogen) atoms. The van der Waals surface area contributed by atoms with E-state index in [-0.39, 0.29) is 5.41 Å². The van der Waals surface area contributed by atoms with Gasteiger partial charge in [0.2, 0.25) is 5.95 Å². The van der Waals surface area contributed by atoms with Crippen LogP contribution >= 0.6 is 0 Å². The molecule has 1 aliphatic rings. The van der Waals surface area contributed by atoms with Crippen molar-refractivity contribution in [1.29, 1.82) is 0 Å². The topological polar surface area (TPSA) is 69.9 Å². The number of hydrogen-bond acceptors (Lipinski definition) is 5. The van der Waals surface area contributed by atoms with Crippen LogP contribution in [0.2, 0.25) is 0 Å². The largest absolute Gasteiger partial charge is 0.456 e. The van der Waals surface area contributed by atoms with Crippen molar-refractivity contribution in [3.8, 4) is 51.0 Å². The molecule has 0 N–H and O–H groups in total. The normalized spacial score (nSPS) is 13.3. The molecule has 0 atom stereocenters. The Morgan fingerprint density at radius 3 is 1.69 bits per heavy atom. The summed E-state index contributed by atoms with van der Waals surface area (Å²) in [6.45, 7) is 4.71. The SMILES string of the molecule is CC1(C)c2cc(-c3cccc4c5ccccc5n(-c5nc(-c6ccc7c(c6)oc6ccccc67)nc(-c6ccc7c(c6)oc6ccccc67)n5)c34)ccc2-c2c1ccc1ccccc21. The van der Waals surface area contributed by atoms with E-state index in [2.05, 4.69) is 152 Å². The van der Waals surface area contributed by atoms with Gasteiger partial charge in [0, 0.05) is 54.4 Å². The third-order valence-electron chi connectivity index (χ3n) is 13.7. The van der Waals surface area contributed by atoms with Crippen LogP contribution in [0.25, 0.3) is 127 Å². The summed E-state index contributed by atoms with van der Waals surface area (Å²) in [6, 6.07) is 64.3. The van der Waals surface area contributed by atoms with E-state index in [9.17, 15) is 0 Å². The Hall–Kier alpha value is -8.35. The molecule has 4 heterocycles. The number of rotatable bonds is 4. The Morgan fingerprint density at radius 2 is 0.984 bits per heavy atom. The van der Waals surface area contributed by atoms with E-state index in [1.807, 2.05) is 48.5 Å². The molecule has 9 aromatic carbocycles. The minimum atomic E-state index is -0.189. The molecule has 0 radical (unpaired) electrons. The monoisotopic (exact) mass is 820 g/mol. The van der Waals surface area contributed by atoms with Gasteiger partial charge in [-0.25, -0.2) is 4.98 Å². The maximum absolute atomic E-state index is 6.39. The van der Waals surface area contributed by atoms with Gasteiger partial charge in [-0.2, -0.15) is 9.97 Å². The van der Waals surface area contributed by atoms with Crippen molar-refractivity contribution in [3.05, 3.63) is 193 Å². The van der Waals surface area contributed by atoms with Crippen molar-refractivity contribution in [1.82, 2.24) is 19.5 Å². The van der Waals surface area contributed by atoms with Crippen LogP contribution in [0.5, 0.6) is 0 Å². The maximum atomic E-state index is 6.39. The van der Waals surface area contributed by atoms with Crippen LogP contribution in [-0.2, 0) is 5.41 Å². The third kappa shape index (κ3) is 4.93. The van der Waals surface area contributed by atoms with Gasteiger partial charge in [0.25, 0.3) is 0 Å². The fourth-order valence-corrected chi connectivity index (χ4v) is 10.6. The minimum absolute atomic E-state index is 0.189. The van der Waals surface area contributed by atoms with E-state index in [1.54, 1.807) is 0 Å². The molecule has 4 aromatic heterocycles. The highest BCUT2D eigenvalue weighted by molar-refractivity contribution is 6.14. The average molecular weight is 821 g/mol. The number of hydrogen-bond donors (Lipinski definition) is 0. The lowest BCUT2D eigenvalue weighted by Gasteiger charge is -2.22. The molecular weight excluding hydrogens is 785 g/mol. The number of benzene rings is 9. The second kappa shape index (κ2) is 12.8. The molecule has 0 unspecified atom stereocenters. The van der Waals surface area contributed by atoms with E-state index in [1.165, 1.54) is 33.0 Å². The van der Waals surface area contributed by atoms with Crippen molar-refractivity contribution >= 4 is 76.5 Å². The third-order valence-corrected chi connectivity index (χ3v) is 13.7. The number of nitrogens with zero attached hydrogens (tertiary/aromatic N) is 4. The van der Waals surface area contributed by atoms with Crippen LogP contribution < -0.4 is 0 Å². The molecule has 6 nitrogen and oxygen atoms in total. The fraction of sp³-hybridized carbons (Fsp3) is 0.0517. The lowest BCUT2D eigenvalue weighted by atomic mass is 9.81. The number of fused-ring (bicyclic) bond motifs is 14. The number of aromatic nitrogens is 4. The highest BCUT2D eigenvalue weighted by Crippen LogP contribution is 2.52. The summed E-state index contributed by atoms with van der Waals surface area (Å²) in [7, 11) is 0. The summed E-state index contributed by atoms with van der Waals surface area (Å²) in [5.41, 5.74) is 14.3. The molecule has 14 rings (SSSR count). The van der Waals surface area contributed by atoms with Crippen LogP contribution in [0.15, 0.2) is 191 Å². The lowest BCUT2D eigenvalue weighted by Crippen LogP contribution is -2.15. The second-order valence-electron chi connectivity index (χ2n) is 17.5. The van der Waals surface area contributed by atoms with Crippen molar-refractivity contribution in [2.24, 2.45) is 0 Å². The van der Waals surface area contributed by atoms with Crippen LogP contribution in [-0.4, -0.2) is 19.5 Å². The van der Waals surface area contributed by atoms with Gasteiger partial charge in [0.1, 0.15) is 22.3 Å². The van der Waals surface area contributed by atoms with E-state index in [4.69, 9.17) is 23.8 Å². The standard InChI is InChI=1S/C58H36N4O2/c1-58(2)46-29-25-33-12-3-4-13-37(33)53(46)45-28-22-34(30-47(45)58)38-17-11-18-44-39-14-5-8-19-48(39)62(54(38)44)57-60-55(35-23-26-42-40-15-6-9-20-49(40)63-51(42)31-35)59-56(61-57)36-24-27-43-41-16-7-10-21-50(41)64-52(43)32-36/h3-32H,1-2H3. The van der Waals surface area contributed by atoms with Gasteiger partial charge < -0.3 is 8.83 Å².